The molecule has 0 saturated carbocycles. The van der Waals surface area contributed by atoms with E-state index in [-0.39, 0.29) is 5.91 Å². The van der Waals surface area contributed by atoms with E-state index in [0.29, 0.717) is 13.1 Å². The largest absolute Gasteiger partial charge is 0.353 e. The van der Waals surface area contributed by atoms with Crippen molar-refractivity contribution in [2.75, 3.05) is 0 Å². The van der Waals surface area contributed by atoms with Crippen LogP contribution in [0, 0.1) is 0 Å². The van der Waals surface area contributed by atoms with Crippen LogP contribution in [0.15, 0.2) is 66.9 Å². The Morgan fingerprint density at radius 2 is 1.89 bits per heavy atom. The average molecular weight is 356 g/mol. The molecule has 4 aromatic rings. The molecule has 0 unspecified atom stereocenters. The summed E-state index contributed by atoms with van der Waals surface area (Å²) in [6.45, 7) is 0.954. The van der Waals surface area contributed by atoms with Gasteiger partial charge in [-0.05, 0) is 29.3 Å². The van der Waals surface area contributed by atoms with E-state index in [1.807, 2.05) is 48.5 Å². The Hall–Kier alpha value is -3.44. The highest BCUT2D eigenvalue weighted by molar-refractivity contribution is 6.07. The van der Waals surface area contributed by atoms with E-state index < -0.39 is 0 Å². The van der Waals surface area contributed by atoms with Gasteiger partial charge in [-0.2, -0.15) is 0 Å². The third-order valence-corrected chi connectivity index (χ3v) is 4.51. The number of nitrogens with zero attached hydrogens (tertiary/aromatic N) is 1. The van der Waals surface area contributed by atoms with E-state index >= 15 is 0 Å². The van der Waals surface area contributed by atoms with Crippen LogP contribution in [0.2, 0.25) is 0 Å². The highest BCUT2D eigenvalue weighted by atomic mass is 16.1. The van der Waals surface area contributed by atoms with Crippen LogP contribution in [-0.2, 0) is 17.9 Å². The normalized spacial score (nSPS) is 11.4. The molecule has 0 spiro atoms. The van der Waals surface area contributed by atoms with Crippen LogP contribution >= 0.6 is 0 Å². The Labute approximate surface area is 156 Å². The quantitative estimate of drug-likeness (QED) is 0.479. The predicted molar refractivity (Wildman–Crippen MR) is 109 cm³/mol. The number of para-hydroxylation sites is 1. The molecule has 4 rings (SSSR count). The van der Waals surface area contributed by atoms with Gasteiger partial charge in [-0.1, -0.05) is 42.5 Å². The van der Waals surface area contributed by atoms with E-state index in [0.717, 1.165) is 38.6 Å². The van der Waals surface area contributed by atoms with Gasteiger partial charge in [0.05, 0.1) is 17.4 Å². The number of fused-ring (bicyclic) bond motifs is 3. The van der Waals surface area contributed by atoms with Gasteiger partial charge in [0.1, 0.15) is 0 Å². The molecule has 2 heterocycles. The van der Waals surface area contributed by atoms with Gasteiger partial charge >= 0.3 is 0 Å². The van der Waals surface area contributed by atoms with E-state index in [9.17, 15) is 4.79 Å². The van der Waals surface area contributed by atoms with Gasteiger partial charge in [-0.3, -0.25) is 9.78 Å². The monoisotopic (exact) mass is 356 g/mol. The number of nitrogens with one attached hydrogen (secondary N) is 2. The maximum atomic E-state index is 12.1. The first kappa shape index (κ1) is 17.0. The first-order valence-corrected chi connectivity index (χ1v) is 8.83. The number of carbonyl (C=O) groups is 1. The molecular weight excluding hydrogens is 336 g/mol. The summed E-state index contributed by atoms with van der Waals surface area (Å²) in [5.74, 6) is -0.158. The molecule has 0 fully saturated rings. The van der Waals surface area contributed by atoms with Crippen LogP contribution in [0.1, 0.15) is 16.8 Å². The number of amides is 1. The van der Waals surface area contributed by atoms with Crippen molar-refractivity contribution in [3.8, 4) is 0 Å². The summed E-state index contributed by atoms with van der Waals surface area (Å²) in [6, 6.07) is 18.0. The number of nitrogens with two attached hydrogens (primary N) is 1. The first-order chi connectivity index (χ1) is 13.2. The van der Waals surface area contributed by atoms with E-state index in [1.54, 1.807) is 12.3 Å². The fourth-order valence-electron chi connectivity index (χ4n) is 3.13. The molecule has 134 valence electrons. The number of benzene rings is 2. The summed E-state index contributed by atoms with van der Waals surface area (Å²) < 4.78 is 0. The van der Waals surface area contributed by atoms with Crippen molar-refractivity contribution < 1.29 is 4.79 Å². The standard InChI is InChI=1S/C22H20N4O/c23-12-15-4-3-5-16(10-15)13-25-22(27)9-8-17-11-19-18-6-1-2-7-20(18)26-21(19)14-24-17/h1-11,14,26H,12-13,23H2,(H,25,27)/b9-8+. The van der Waals surface area contributed by atoms with Crippen molar-refractivity contribution in [1.29, 1.82) is 0 Å². The number of carbonyl (C=O) groups excluding carboxylic acids is 1. The van der Waals surface area contributed by atoms with E-state index in [1.165, 1.54) is 6.08 Å². The Bertz CT molecular complexity index is 1140. The van der Waals surface area contributed by atoms with E-state index in [2.05, 4.69) is 21.4 Å². The first-order valence-electron chi connectivity index (χ1n) is 8.83. The topological polar surface area (TPSA) is 83.8 Å². The van der Waals surface area contributed by atoms with Gasteiger partial charge in [0.2, 0.25) is 5.91 Å². The van der Waals surface area contributed by atoms with Crippen molar-refractivity contribution >= 4 is 33.8 Å². The van der Waals surface area contributed by atoms with Crippen LogP contribution < -0.4 is 11.1 Å². The van der Waals surface area contributed by atoms with Crippen molar-refractivity contribution in [1.82, 2.24) is 15.3 Å². The Balaban J connectivity index is 1.46. The molecule has 0 bridgehead atoms. The third-order valence-electron chi connectivity index (χ3n) is 4.51. The number of aromatic nitrogens is 2. The molecule has 2 aromatic heterocycles. The molecule has 0 atom stereocenters. The zero-order chi connectivity index (χ0) is 18.6. The molecule has 0 aliphatic heterocycles. The second-order valence-electron chi connectivity index (χ2n) is 6.40. The third kappa shape index (κ3) is 3.73. The summed E-state index contributed by atoms with van der Waals surface area (Å²) in [5, 5.41) is 5.13. The van der Waals surface area contributed by atoms with Crippen LogP contribution in [0.4, 0.5) is 0 Å². The average Bonchev–Trinajstić information content (AvgIpc) is 3.09. The lowest BCUT2D eigenvalue weighted by Crippen LogP contribution is -2.20. The molecule has 2 aromatic carbocycles. The maximum absolute atomic E-state index is 12.1. The molecule has 0 aliphatic rings. The Morgan fingerprint density at radius 1 is 1.04 bits per heavy atom. The molecule has 0 radical (unpaired) electrons. The fraction of sp³-hybridized carbons (Fsp3) is 0.0909. The fourth-order valence-corrected chi connectivity index (χ4v) is 3.13. The summed E-state index contributed by atoms with van der Waals surface area (Å²) in [6.07, 6.45) is 5.04. The molecule has 4 N–H and O–H groups in total. The van der Waals surface area contributed by atoms with Crippen LogP contribution in [-0.4, -0.2) is 15.9 Å². The molecule has 0 aliphatic carbocycles. The van der Waals surface area contributed by atoms with E-state index in [4.69, 9.17) is 5.73 Å². The van der Waals surface area contributed by atoms with Gasteiger partial charge < -0.3 is 16.0 Å². The molecule has 0 saturated heterocycles. The number of hydrogen-bond acceptors (Lipinski definition) is 3. The number of aromatic amines is 1. The highest BCUT2D eigenvalue weighted by Gasteiger charge is 2.04. The zero-order valence-corrected chi connectivity index (χ0v) is 14.8. The highest BCUT2D eigenvalue weighted by Crippen LogP contribution is 2.25. The second-order valence-corrected chi connectivity index (χ2v) is 6.40. The van der Waals surface area contributed by atoms with Crippen LogP contribution in [0.25, 0.3) is 27.9 Å². The smallest absolute Gasteiger partial charge is 0.244 e. The molecule has 5 heteroatoms. The second kappa shape index (κ2) is 7.43. The Kier molecular flexibility index (Phi) is 4.68. The molecular formula is C22H20N4O. The number of rotatable bonds is 5. The van der Waals surface area contributed by atoms with Crippen molar-refractivity contribution in [2.24, 2.45) is 5.73 Å². The lowest BCUT2D eigenvalue weighted by molar-refractivity contribution is -0.116. The Morgan fingerprint density at radius 3 is 2.78 bits per heavy atom. The number of pyridine rings is 1. The molecule has 27 heavy (non-hydrogen) atoms. The number of hydrogen-bond donors (Lipinski definition) is 3. The van der Waals surface area contributed by atoms with Gasteiger partial charge in [0.25, 0.3) is 0 Å². The van der Waals surface area contributed by atoms with Gasteiger partial charge in [-0.25, -0.2) is 0 Å². The van der Waals surface area contributed by atoms with Crippen molar-refractivity contribution in [3.63, 3.8) is 0 Å². The summed E-state index contributed by atoms with van der Waals surface area (Å²) >= 11 is 0. The number of H-pyrrole nitrogens is 1. The summed E-state index contributed by atoms with van der Waals surface area (Å²) in [7, 11) is 0. The molecule has 5 nitrogen and oxygen atoms in total. The molecule has 1 amide bonds. The lowest BCUT2D eigenvalue weighted by atomic mass is 10.1. The minimum Gasteiger partial charge on any atom is -0.353 e. The maximum Gasteiger partial charge on any atom is 0.244 e. The van der Waals surface area contributed by atoms with Crippen LogP contribution in [0.5, 0.6) is 0 Å². The van der Waals surface area contributed by atoms with Gasteiger partial charge in [0, 0.05) is 35.5 Å². The van der Waals surface area contributed by atoms with Crippen molar-refractivity contribution in [2.45, 2.75) is 13.1 Å². The zero-order valence-electron chi connectivity index (χ0n) is 14.8. The summed E-state index contributed by atoms with van der Waals surface area (Å²) in [5.41, 5.74) is 10.5. The van der Waals surface area contributed by atoms with Gasteiger partial charge in [-0.15, -0.1) is 0 Å². The SMILES string of the molecule is NCc1cccc(CNC(=O)/C=C/c2cc3c(cn2)[nH]c2ccccc23)c1. The van der Waals surface area contributed by atoms with Gasteiger partial charge in [0.15, 0.2) is 0 Å². The predicted octanol–water partition coefficient (Wildman–Crippen LogP) is 3.50. The lowest BCUT2D eigenvalue weighted by Gasteiger charge is -2.04. The minimum absolute atomic E-state index is 0.158. The van der Waals surface area contributed by atoms with Crippen LogP contribution in [0.3, 0.4) is 0 Å². The summed E-state index contributed by atoms with van der Waals surface area (Å²) in [4.78, 5) is 19.9. The minimum atomic E-state index is -0.158. The van der Waals surface area contributed by atoms with Crippen molar-refractivity contribution in [3.05, 3.63) is 83.7 Å².